The van der Waals surface area contributed by atoms with E-state index in [1.165, 1.54) is 0 Å². The Hall–Kier alpha value is -0.830. The summed E-state index contributed by atoms with van der Waals surface area (Å²) < 4.78 is 4.99. The molecule has 0 bridgehead atoms. The topological polar surface area (TPSA) is 29.5 Å². The Labute approximate surface area is 66.6 Å². The molecule has 3 heteroatoms. The maximum Gasteiger partial charge on any atom is 0.249 e. The van der Waals surface area contributed by atoms with Gasteiger partial charge in [0.1, 0.15) is 6.61 Å². The van der Waals surface area contributed by atoms with E-state index in [2.05, 4.69) is 0 Å². The summed E-state index contributed by atoms with van der Waals surface area (Å²) in [6, 6.07) is 0. The highest BCUT2D eigenvalue weighted by Gasteiger charge is 2.12. The highest BCUT2D eigenvalue weighted by Crippen LogP contribution is 1.98. The number of hydrogen-bond acceptors (Lipinski definition) is 2. The van der Waals surface area contributed by atoms with Crippen LogP contribution >= 0.6 is 0 Å². The molecule has 0 aromatic rings. The molecular formula is C8H13NO2. The maximum atomic E-state index is 11.2. The summed E-state index contributed by atoms with van der Waals surface area (Å²) in [6.45, 7) is 4.19. The van der Waals surface area contributed by atoms with Crippen LogP contribution in [0.3, 0.4) is 0 Å². The molecule has 0 saturated carbocycles. The fraction of sp³-hybridized carbons (Fsp3) is 0.625. The van der Waals surface area contributed by atoms with Crippen molar-refractivity contribution < 1.29 is 9.53 Å². The van der Waals surface area contributed by atoms with Crippen LogP contribution in [0.15, 0.2) is 12.2 Å². The fourth-order valence-electron chi connectivity index (χ4n) is 0.962. The molecule has 1 heterocycles. The molecule has 3 nitrogen and oxygen atoms in total. The van der Waals surface area contributed by atoms with E-state index >= 15 is 0 Å². The van der Waals surface area contributed by atoms with Crippen molar-refractivity contribution in [2.75, 3.05) is 26.3 Å². The van der Waals surface area contributed by atoms with Crippen molar-refractivity contribution in [2.24, 2.45) is 0 Å². The largest absolute Gasteiger partial charge is 0.372 e. The predicted molar refractivity (Wildman–Crippen MR) is 42.2 cm³/mol. The van der Waals surface area contributed by atoms with Crippen molar-refractivity contribution in [3.05, 3.63) is 12.2 Å². The summed E-state index contributed by atoms with van der Waals surface area (Å²) >= 11 is 0. The molecule has 1 amide bonds. The van der Waals surface area contributed by atoms with Crippen molar-refractivity contribution in [2.45, 2.75) is 6.92 Å². The second-order valence-corrected chi connectivity index (χ2v) is 2.41. The van der Waals surface area contributed by atoms with Gasteiger partial charge < -0.3 is 9.64 Å². The van der Waals surface area contributed by atoms with Crippen LogP contribution in [0.4, 0.5) is 0 Å². The van der Waals surface area contributed by atoms with Crippen LogP contribution in [-0.4, -0.2) is 37.1 Å². The number of carbonyl (C=O) groups is 1. The molecule has 1 aliphatic heterocycles. The van der Waals surface area contributed by atoms with Crippen LogP contribution in [0.5, 0.6) is 0 Å². The standard InChI is InChI=1S/C8H13NO2/c1-2-11-7-8(10)9-5-3-4-6-9/h3-4H,2,5-7H2,1H3. The Morgan fingerprint density at radius 2 is 2.18 bits per heavy atom. The molecule has 1 aliphatic rings. The number of nitrogens with zero attached hydrogens (tertiary/aromatic N) is 1. The molecule has 1 rings (SSSR count). The zero-order valence-corrected chi connectivity index (χ0v) is 6.75. The Balaban J connectivity index is 2.19. The minimum absolute atomic E-state index is 0.0804. The summed E-state index contributed by atoms with van der Waals surface area (Å²) in [5.74, 6) is 0.0804. The molecule has 0 aliphatic carbocycles. The molecule has 0 aromatic heterocycles. The molecular weight excluding hydrogens is 142 g/mol. The summed E-state index contributed by atoms with van der Waals surface area (Å²) in [4.78, 5) is 12.9. The van der Waals surface area contributed by atoms with Gasteiger partial charge in [-0.25, -0.2) is 0 Å². The minimum atomic E-state index is 0.0804. The van der Waals surface area contributed by atoms with Crippen LogP contribution in [0.2, 0.25) is 0 Å². The van der Waals surface area contributed by atoms with Crippen molar-refractivity contribution in [1.82, 2.24) is 4.90 Å². The molecule has 0 radical (unpaired) electrons. The van der Waals surface area contributed by atoms with Gasteiger partial charge in [0.25, 0.3) is 0 Å². The van der Waals surface area contributed by atoms with E-state index in [1.54, 1.807) is 4.90 Å². The lowest BCUT2D eigenvalue weighted by Gasteiger charge is -2.14. The van der Waals surface area contributed by atoms with Crippen molar-refractivity contribution >= 4 is 5.91 Å². The van der Waals surface area contributed by atoms with E-state index in [1.807, 2.05) is 19.1 Å². The number of hydrogen-bond donors (Lipinski definition) is 0. The van der Waals surface area contributed by atoms with E-state index in [0.717, 1.165) is 13.1 Å². The second kappa shape index (κ2) is 4.13. The van der Waals surface area contributed by atoms with Crippen LogP contribution in [0.1, 0.15) is 6.92 Å². The monoisotopic (exact) mass is 155 g/mol. The van der Waals surface area contributed by atoms with Gasteiger partial charge in [0, 0.05) is 19.7 Å². The van der Waals surface area contributed by atoms with E-state index < -0.39 is 0 Å². The van der Waals surface area contributed by atoms with Crippen LogP contribution in [0, 0.1) is 0 Å². The number of rotatable bonds is 3. The Morgan fingerprint density at radius 3 is 2.73 bits per heavy atom. The molecule has 0 atom stereocenters. The summed E-state index contributed by atoms with van der Waals surface area (Å²) in [5, 5.41) is 0. The predicted octanol–water partition coefficient (Wildman–Crippen LogP) is 0.421. The van der Waals surface area contributed by atoms with E-state index in [4.69, 9.17) is 4.74 Å². The third kappa shape index (κ3) is 2.35. The molecule has 0 N–H and O–H groups in total. The highest BCUT2D eigenvalue weighted by atomic mass is 16.5. The van der Waals surface area contributed by atoms with Gasteiger partial charge in [0.2, 0.25) is 5.91 Å². The Kier molecular flexibility index (Phi) is 3.11. The lowest BCUT2D eigenvalue weighted by atomic mass is 10.5. The van der Waals surface area contributed by atoms with E-state index in [-0.39, 0.29) is 12.5 Å². The van der Waals surface area contributed by atoms with Crippen molar-refractivity contribution in [1.29, 1.82) is 0 Å². The van der Waals surface area contributed by atoms with Crippen LogP contribution in [-0.2, 0) is 9.53 Å². The van der Waals surface area contributed by atoms with Gasteiger partial charge in [-0.3, -0.25) is 4.79 Å². The van der Waals surface area contributed by atoms with Crippen LogP contribution < -0.4 is 0 Å². The van der Waals surface area contributed by atoms with Gasteiger partial charge in [-0.2, -0.15) is 0 Å². The first-order chi connectivity index (χ1) is 5.34. The Morgan fingerprint density at radius 1 is 1.55 bits per heavy atom. The summed E-state index contributed by atoms with van der Waals surface area (Å²) in [7, 11) is 0. The van der Waals surface area contributed by atoms with Gasteiger partial charge in [-0.15, -0.1) is 0 Å². The number of carbonyl (C=O) groups excluding carboxylic acids is 1. The number of amides is 1. The molecule has 0 spiro atoms. The lowest BCUT2D eigenvalue weighted by molar-refractivity contribution is -0.134. The normalized spacial score (nSPS) is 15.9. The van der Waals surface area contributed by atoms with Gasteiger partial charge in [-0.05, 0) is 6.92 Å². The highest BCUT2D eigenvalue weighted by molar-refractivity contribution is 5.78. The van der Waals surface area contributed by atoms with Gasteiger partial charge in [-0.1, -0.05) is 12.2 Å². The molecule has 11 heavy (non-hydrogen) atoms. The quantitative estimate of drug-likeness (QED) is 0.553. The van der Waals surface area contributed by atoms with Crippen molar-refractivity contribution in [3.63, 3.8) is 0 Å². The smallest absolute Gasteiger partial charge is 0.249 e. The molecule has 0 unspecified atom stereocenters. The van der Waals surface area contributed by atoms with Crippen LogP contribution in [0.25, 0.3) is 0 Å². The number of ether oxygens (including phenoxy) is 1. The fourth-order valence-corrected chi connectivity index (χ4v) is 0.962. The zero-order valence-electron chi connectivity index (χ0n) is 6.75. The second-order valence-electron chi connectivity index (χ2n) is 2.41. The van der Waals surface area contributed by atoms with E-state index in [0.29, 0.717) is 6.61 Å². The third-order valence-corrected chi connectivity index (χ3v) is 1.60. The first kappa shape index (κ1) is 8.27. The average molecular weight is 155 g/mol. The average Bonchev–Trinajstić information content (AvgIpc) is 2.52. The van der Waals surface area contributed by atoms with Gasteiger partial charge >= 0.3 is 0 Å². The first-order valence-corrected chi connectivity index (χ1v) is 3.85. The Bertz CT molecular complexity index is 157. The third-order valence-electron chi connectivity index (χ3n) is 1.60. The van der Waals surface area contributed by atoms with E-state index in [9.17, 15) is 4.79 Å². The summed E-state index contributed by atoms with van der Waals surface area (Å²) in [5.41, 5.74) is 0. The molecule has 62 valence electrons. The SMILES string of the molecule is CCOCC(=O)N1CC=CC1. The van der Waals surface area contributed by atoms with Crippen molar-refractivity contribution in [3.8, 4) is 0 Å². The molecule has 0 fully saturated rings. The lowest BCUT2D eigenvalue weighted by Crippen LogP contribution is -2.31. The molecule has 0 aromatic carbocycles. The first-order valence-electron chi connectivity index (χ1n) is 3.85. The maximum absolute atomic E-state index is 11.2. The minimum Gasteiger partial charge on any atom is -0.372 e. The zero-order chi connectivity index (χ0) is 8.10. The summed E-state index contributed by atoms with van der Waals surface area (Å²) in [6.07, 6.45) is 3.98. The van der Waals surface area contributed by atoms with Gasteiger partial charge in [0.05, 0.1) is 0 Å². The molecule has 0 saturated heterocycles. The van der Waals surface area contributed by atoms with Gasteiger partial charge in [0.15, 0.2) is 0 Å².